The number of alkyl halides is 13. The van der Waals surface area contributed by atoms with Crippen molar-refractivity contribution in [2.45, 2.75) is 114 Å². The third kappa shape index (κ3) is 9.58. The van der Waals surface area contributed by atoms with Crippen molar-refractivity contribution in [1.82, 2.24) is 0 Å². The van der Waals surface area contributed by atoms with Crippen LogP contribution in [-0.4, -0.2) is 48.9 Å². The van der Waals surface area contributed by atoms with Crippen LogP contribution in [0.1, 0.15) is 82.8 Å². The van der Waals surface area contributed by atoms with Gasteiger partial charge in [0.1, 0.15) is 0 Å². The third-order valence-electron chi connectivity index (χ3n) is 7.89. The van der Waals surface area contributed by atoms with E-state index < -0.39 is 48.8 Å². The number of hydrogen-bond acceptors (Lipinski definition) is 1. The van der Waals surface area contributed by atoms with Gasteiger partial charge in [-0.2, -0.15) is 57.1 Å². The average Bonchev–Trinajstić information content (AvgIpc) is 3.02. The normalized spacial score (nSPS) is 13.8. The highest BCUT2D eigenvalue weighted by atomic mass is 19.4. The molecule has 0 radical (unpaired) electrons. The first kappa shape index (κ1) is 41.2. The molecule has 0 saturated heterocycles. The minimum Gasteiger partial charge on any atom is -0.372 e. The summed E-state index contributed by atoms with van der Waals surface area (Å²) in [7, 11) is 0. The molecule has 0 aliphatic carbocycles. The van der Waals surface area contributed by atoms with E-state index in [1.165, 1.54) is 25.0 Å². The molecular formula is C33H40F13N2+. The SMILES string of the molecule is CCCCCCN(CCCCCC)c1ccc(/C=C/c2cc[n+](CCC(F)(F)C(F)(F)C(F)(F)C(F)(F)C(F)(F)C(F)(F)F)cc2)cc1. The Bertz CT molecular complexity index is 1260. The van der Waals surface area contributed by atoms with E-state index in [-0.39, 0.29) is 0 Å². The second kappa shape index (κ2) is 16.6. The van der Waals surface area contributed by atoms with Crippen LogP contribution in [0.5, 0.6) is 0 Å². The Morgan fingerprint density at radius 2 is 0.979 bits per heavy atom. The number of unbranched alkanes of at least 4 members (excludes halogenated alkanes) is 6. The van der Waals surface area contributed by atoms with Gasteiger partial charge in [-0.3, -0.25) is 0 Å². The van der Waals surface area contributed by atoms with Crippen molar-refractivity contribution in [3.05, 3.63) is 59.9 Å². The van der Waals surface area contributed by atoms with E-state index in [0.717, 1.165) is 79.8 Å². The van der Waals surface area contributed by atoms with E-state index in [1.807, 2.05) is 24.3 Å². The number of aromatic nitrogens is 1. The van der Waals surface area contributed by atoms with Gasteiger partial charge in [-0.15, -0.1) is 0 Å². The predicted octanol–water partition coefficient (Wildman–Crippen LogP) is 11.2. The molecule has 0 N–H and O–H groups in total. The fraction of sp³-hybridized carbons (Fsp3) is 0.606. The Balaban J connectivity index is 2.08. The summed E-state index contributed by atoms with van der Waals surface area (Å²) in [5.74, 6) is -36.8. The first-order valence-electron chi connectivity index (χ1n) is 15.6. The molecule has 0 spiro atoms. The molecule has 0 unspecified atom stereocenters. The number of anilines is 1. The maximum absolute atomic E-state index is 14.1. The molecule has 15 heteroatoms. The zero-order valence-corrected chi connectivity index (χ0v) is 26.6. The fourth-order valence-corrected chi connectivity index (χ4v) is 4.78. The first-order chi connectivity index (χ1) is 22.2. The second-order valence-corrected chi connectivity index (χ2v) is 11.7. The number of hydrogen-bond donors (Lipinski definition) is 0. The molecule has 1 aromatic carbocycles. The lowest BCUT2D eigenvalue weighted by molar-refractivity contribution is -0.700. The summed E-state index contributed by atoms with van der Waals surface area (Å²) in [5, 5.41) is 0. The monoisotopic (exact) mass is 711 g/mol. The molecule has 0 saturated carbocycles. The van der Waals surface area contributed by atoms with E-state index in [4.69, 9.17) is 0 Å². The lowest BCUT2D eigenvalue weighted by atomic mass is 9.92. The van der Waals surface area contributed by atoms with Gasteiger partial charge in [0.25, 0.3) is 0 Å². The standard InChI is InChI=1S/C33H40F13N2/c1-3-5-7-9-20-48(21-10-8-6-4-2)27-15-13-25(14-16-27)11-12-26-17-22-47(23-18-26)24-19-28(34,35)29(36,37)30(38,39)31(40,41)32(42,43)33(44,45)46/h11-18,22-23H,3-10,19-21,24H2,1-2H3/q+1. The van der Waals surface area contributed by atoms with Crippen LogP contribution in [0.25, 0.3) is 12.2 Å². The van der Waals surface area contributed by atoms with Crippen LogP contribution in [0.3, 0.4) is 0 Å². The Morgan fingerprint density at radius 3 is 1.42 bits per heavy atom. The molecule has 2 nitrogen and oxygen atoms in total. The minimum absolute atomic E-state index is 0.501. The maximum Gasteiger partial charge on any atom is 0.460 e. The van der Waals surface area contributed by atoms with Crippen molar-refractivity contribution in [2.75, 3.05) is 18.0 Å². The molecule has 1 heterocycles. The summed E-state index contributed by atoms with van der Waals surface area (Å²) >= 11 is 0. The van der Waals surface area contributed by atoms with Crippen molar-refractivity contribution >= 4 is 17.8 Å². The molecule has 2 rings (SSSR count). The van der Waals surface area contributed by atoms with Crippen molar-refractivity contribution in [3.63, 3.8) is 0 Å². The Morgan fingerprint density at radius 1 is 0.542 bits per heavy atom. The Hall–Kier alpha value is -3.00. The largest absolute Gasteiger partial charge is 0.460 e. The van der Waals surface area contributed by atoms with Gasteiger partial charge in [-0.1, -0.05) is 76.7 Å². The molecule has 272 valence electrons. The lowest BCUT2D eigenvalue weighted by Crippen LogP contribution is -2.70. The van der Waals surface area contributed by atoms with Gasteiger partial charge in [-0.05, 0) is 36.1 Å². The van der Waals surface area contributed by atoms with E-state index in [2.05, 4.69) is 18.7 Å². The van der Waals surface area contributed by atoms with Gasteiger partial charge in [0.05, 0.1) is 6.42 Å². The summed E-state index contributed by atoms with van der Waals surface area (Å²) in [4.78, 5) is 2.36. The molecule has 0 bridgehead atoms. The van der Waals surface area contributed by atoms with Crippen LogP contribution >= 0.6 is 0 Å². The summed E-state index contributed by atoms with van der Waals surface area (Å²) in [6.07, 6.45) is 4.92. The zero-order chi connectivity index (χ0) is 36.4. The van der Waals surface area contributed by atoms with Gasteiger partial charge in [0, 0.05) is 30.9 Å². The average molecular weight is 712 g/mol. The predicted molar refractivity (Wildman–Crippen MR) is 158 cm³/mol. The molecule has 0 aliphatic rings. The maximum atomic E-state index is 14.1. The number of halogens is 13. The van der Waals surface area contributed by atoms with Crippen LogP contribution in [0.2, 0.25) is 0 Å². The number of nitrogens with zero attached hydrogens (tertiary/aromatic N) is 2. The van der Waals surface area contributed by atoms with Crippen LogP contribution < -0.4 is 9.47 Å². The highest BCUT2D eigenvalue weighted by Crippen LogP contribution is 2.60. The molecule has 2 aromatic rings. The smallest absolute Gasteiger partial charge is 0.372 e. The van der Waals surface area contributed by atoms with Gasteiger partial charge >= 0.3 is 35.8 Å². The Kier molecular flexibility index (Phi) is 14.2. The molecule has 48 heavy (non-hydrogen) atoms. The molecule has 0 fully saturated rings. The third-order valence-corrected chi connectivity index (χ3v) is 7.89. The summed E-state index contributed by atoms with van der Waals surface area (Å²) < 4.78 is 174. The van der Waals surface area contributed by atoms with Gasteiger partial charge < -0.3 is 4.90 Å². The summed E-state index contributed by atoms with van der Waals surface area (Å²) in [5.41, 5.74) is 2.41. The number of benzene rings is 1. The minimum atomic E-state index is -7.89. The zero-order valence-electron chi connectivity index (χ0n) is 26.6. The quantitative estimate of drug-likeness (QED) is 0.0754. The molecular weight excluding hydrogens is 671 g/mol. The first-order valence-corrected chi connectivity index (χ1v) is 15.6. The van der Waals surface area contributed by atoms with Crippen molar-refractivity contribution in [2.24, 2.45) is 0 Å². The van der Waals surface area contributed by atoms with Gasteiger partial charge in [0.15, 0.2) is 18.9 Å². The number of aryl methyl sites for hydroxylation is 1. The topological polar surface area (TPSA) is 7.12 Å². The fourth-order valence-electron chi connectivity index (χ4n) is 4.78. The van der Waals surface area contributed by atoms with Crippen LogP contribution in [-0.2, 0) is 6.54 Å². The molecule has 0 aliphatic heterocycles. The van der Waals surface area contributed by atoms with Crippen LogP contribution in [0, 0.1) is 0 Å². The summed E-state index contributed by atoms with van der Waals surface area (Å²) in [6, 6.07) is 10.5. The number of rotatable bonds is 20. The molecule has 0 amide bonds. The van der Waals surface area contributed by atoms with Gasteiger partial charge in [-0.25, -0.2) is 4.57 Å². The van der Waals surface area contributed by atoms with E-state index in [9.17, 15) is 57.1 Å². The van der Waals surface area contributed by atoms with Crippen LogP contribution in [0.4, 0.5) is 62.8 Å². The second-order valence-electron chi connectivity index (χ2n) is 11.7. The van der Waals surface area contributed by atoms with Gasteiger partial charge in [0.2, 0.25) is 0 Å². The van der Waals surface area contributed by atoms with E-state index in [1.54, 1.807) is 12.2 Å². The highest BCUT2D eigenvalue weighted by Gasteiger charge is 2.90. The van der Waals surface area contributed by atoms with Crippen molar-refractivity contribution in [3.8, 4) is 0 Å². The molecule has 1 aromatic heterocycles. The lowest BCUT2D eigenvalue weighted by Gasteiger charge is -2.39. The summed E-state index contributed by atoms with van der Waals surface area (Å²) in [6.45, 7) is 4.99. The van der Waals surface area contributed by atoms with E-state index >= 15 is 0 Å². The Labute approximate surface area is 271 Å². The van der Waals surface area contributed by atoms with Crippen molar-refractivity contribution < 1.29 is 61.6 Å². The van der Waals surface area contributed by atoms with Crippen molar-refractivity contribution in [1.29, 1.82) is 0 Å². The van der Waals surface area contributed by atoms with Crippen LogP contribution in [0.15, 0.2) is 48.8 Å². The van der Waals surface area contributed by atoms with E-state index in [0.29, 0.717) is 5.56 Å². The number of pyridine rings is 1. The molecule has 0 atom stereocenters. The highest BCUT2D eigenvalue weighted by molar-refractivity contribution is 5.70.